The largest absolute Gasteiger partial charge is 0.493 e. The topological polar surface area (TPSA) is 94.2 Å². The van der Waals surface area contributed by atoms with E-state index in [0.717, 1.165) is 16.0 Å². The van der Waals surface area contributed by atoms with Crippen molar-refractivity contribution in [1.82, 2.24) is 5.32 Å². The third kappa shape index (κ3) is 7.02. The van der Waals surface area contributed by atoms with Crippen molar-refractivity contribution in [1.29, 1.82) is 0 Å². The average molecular weight is 682 g/mol. The van der Waals surface area contributed by atoms with Crippen LogP contribution in [0.1, 0.15) is 16.7 Å². The van der Waals surface area contributed by atoms with Crippen LogP contribution in [0.5, 0.6) is 17.2 Å². The molecule has 11 heteroatoms. The van der Waals surface area contributed by atoms with Crippen molar-refractivity contribution >= 4 is 68.7 Å². The number of hydrogen-bond donors (Lipinski definition) is 1. The van der Waals surface area contributed by atoms with Crippen molar-refractivity contribution in [2.24, 2.45) is 0 Å². The molecule has 1 heterocycles. The molecule has 1 saturated heterocycles. The van der Waals surface area contributed by atoms with Gasteiger partial charge in [-0.3, -0.25) is 14.9 Å². The maximum absolute atomic E-state index is 13.4. The lowest BCUT2D eigenvalue weighted by molar-refractivity contribution is -0.122. The highest BCUT2D eigenvalue weighted by Crippen LogP contribution is 2.38. The molecule has 0 radical (unpaired) electrons. The predicted molar refractivity (Wildman–Crippen MR) is 168 cm³/mol. The van der Waals surface area contributed by atoms with Gasteiger partial charge in [0.2, 0.25) is 0 Å². The number of ether oxygens (including phenoxy) is 3. The number of imide groups is 2. The number of nitrogens with one attached hydrogen (secondary N) is 1. The number of hydrogen-bond acceptors (Lipinski definition) is 6. The van der Waals surface area contributed by atoms with E-state index in [0.29, 0.717) is 43.9 Å². The Morgan fingerprint density at radius 3 is 2.26 bits per heavy atom. The van der Waals surface area contributed by atoms with Crippen LogP contribution in [0.4, 0.5) is 10.5 Å². The Labute approximate surface area is 265 Å². The fourth-order valence-corrected chi connectivity index (χ4v) is 5.13. The highest BCUT2D eigenvalue weighted by molar-refractivity contribution is 9.10. The van der Waals surface area contributed by atoms with E-state index in [-0.39, 0.29) is 17.9 Å². The van der Waals surface area contributed by atoms with E-state index in [2.05, 4.69) is 21.2 Å². The van der Waals surface area contributed by atoms with E-state index in [9.17, 15) is 14.4 Å². The zero-order chi connectivity index (χ0) is 30.5. The van der Waals surface area contributed by atoms with Gasteiger partial charge in [-0.25, -0.2) is 9.69 Å². The molecule has 218 valence electrons. The number of methoxy groups -OCH3 is 1. The van der Waals surface area contributed by atoms with Crippen LogP contribution < -0.4 is 24.4 Å². The van der Waals surface area contributed by atoms with Crippen molar-refractivity contribution in [3.8, 4) is 17.2 Å². The number of barbiturate groups is 1. The lowest BCUT2D eigenvalue weighted by atomic mass is 10.1. The lowest BCUT2D eigenvalue weighted by Gasteiger charge is -2.26. The van der Waals surface area contributed by atoms with E-state index in [1.807, 2.05) is 30.3 Å². The number of benzene rings is 4. The quantitative estimate of drug-likeness (QED) is 0.145. The van der Waals surface area contributed by atoms with Gasteiger partial charge in [0, 0.05) is 0 Å². The van der Waals surface area contributed by atoms with Gasteiger partial charge < -0.3 is 14.2 Å². The van der Waals surface area contributed by atoms with Gasteiger partial charge in [0.15, 0.2) is 11.5 Å². The molecule has 8 nitrogen and oxygen atoms in total. The van der Waals surface area contributed by atoms with Gasteiger partial charge in [-0.1, -0.05) is 59.6 Å². The first-order valence-corrected chi connectivity index (χ1v) is 14.4. The summed E-state index contributed by atoms with van der Waals surface area (Å²) in [5.41, 5.74) is 2.29. The second-order valence-corrected chi connectivity index (χ2v) is 11.0. The molecule has 1 aliphatic rings. The lowest BCUT2D eigenvalue weighted by Crippen LogP contribution is -2.54. The Balaban J connectivity index is 1.34. The van der Waals surface area contributed by atoms with Gasteiger partial charge in [0.1, 0.15) is 24.5 Å². The maximum atomic E-state index is 13.4. The monoisotopic (exact) mass is 680 g/mol. The minimum Gasteiger partial charge on any atom is -0.493 e. The van der Waals surface area contributed by atoms with Crippen LogP contribution in [-0.2, 0) is 22.8 Å². The Morgan fingerprint density at radius 1 is 0.837 bits per heavy atom. The predicted octanol–water partition coefficient (Wildman–Crippen LogP) is 7.59. The molecule has 0 spiro atoms. The average Bonchev–Trinajstić information content (AvgIpc) is 3.00. The first-order valence-electron chi connectivity index (χ1n) is 12.9. The normalized spacial score (nSPS) is 14.1. The molecular weight excluding hydrogens is 659 g/mol. The molecule has 0 atom stereocenters. The molecule has 1 aliphatic heterocycles. The zero-order valence-electron chi connectivity index (χ0n) is 22.6. The Hall–Kier alpha value is -4.31. The van der Waals surface area contributed by atoms with E-state index < -0.39 is 17.8 Å². The molecule has 5 rings (SSSR count). The van der Waals surface area contributed by atoms with Gasteiger partial charge in [-0.05, 0) is 87.2 Å². The summed E-state index contributed by atoms with van der Waals surface area (Å²) in [6, 6.07) is 23.7. The van der Waals surface area contributed by atoms with Crippen LogP contribution >= 0.6 is 39.1 Å². The number of urea groups is 1. The highest BCUT2D eigenvalue weighted by Gasteiger charge is 2.37. The Morgan fingerprint density at radius 2 is 1.56 bits per heavy atom. The van der Waals surface area contributed by atoms with Crippen molar-refractivity contribution in [3.63, 3.8) is 0 Å². The number of rotatable bonds is 9. The summed E-state index contributed by atoms with van der Waals surface area (Å²) in [5, 5.41) is 3.08. The molecule has 0 bridgehead atoms. The fourth-order valence-electron chi connectivity index (χ4n) is 4.24. The molecule has 0 unspecified atom stereocenters. The van der Waals surface area contributed by atoms with Crippen LogP contribution in [-0.4, -0.2) is 25.0 Å². The molecular formula is C32H23BrCl2N2O6. The summed E-state index contributed by atoms with van der Waals surface area (Å²) in [6.07, 6.45) is 1.38. The smallest absolute Gasteiger partial charge is 0.335 e. The molecule has 0 aromatic heterocycles. The van der Waals surface area contributed by atoms with Gasteiger partial charge >= 0.3 is 6.03 Å². The molecule has 4 aromatic rings. The summed E-state index contributed by atoms with van der Waals surface area (Å²) >= 11 is 15.6. The fraction of sp³-hybridized carbons (Fsp3) is 0.0938. The van der Waals surface area contributed by atoms with Crippen molar-refractivity contribution in [2.45, 2.75) is 13.2 Å². The summed E-state index contributed by atoms with van der Waals surface area (Å²) in [5.74, 6) is -0.279. The third-order valence-corrected chi connectivity index (χ3v) is 7.70. The number of halogens is 3. The SMILES string of the molecule is COc1cc(/C=C2\C(=O)NC(=O)N(c3ccc(OCc4ccccc4)cc3)C2=O)cc(Br)c1OCc1ccc(Cl)c(Cl)c1. The molecule has 1 fully saturated rings. The molecule has 4 amide bonds. The standard InChI is InChI=1S/C32H23BrCl2N2O6/c1-41-28-16-21(14-25(33)29(28)43-18-20-7-12-26(34)27(35)15-20)13-24-30(38)36-32(40)37(31(24)39)22-8-10-23(11-9-22)42-17-19-5-3-2-4-6-19/h2-16H,17-18H2,1H3,(H,36,38,40)/b24-13+. The number of anilines is 1. The number of nitrogens with zero attached hydrogens (tertiary/aromatic N) is 1. The summed E-state index contributed by atoms with van der Waals surface area (Å²) in [6.45, 7) is 0.545. The summed E-state index contributed by atoms with van der Waals surface area (Å²) < 4.78 is 17.8. The molecule has 0 saturated carbocycles. The van der Waals surface area contributed by atoms with Crippen LogP contribution in [0, 0.1) is 0 Å². The van der Waals surface area contributed by atoms with Gasteiger partial charge in [-0.2, -0.15) is 0 Å². The molecule has 4 aromatic carbocycles. The molecule has 43 heavy (non-hydrogen) atoms. The van der Waals surface area contributed by atoms with Crippen molar-refractivity contribution in [3.05, 3.63) is 122 Å². The first-order chi connectivity index (χ1) is 20.7. The number of amides is 4. The third-order valence-electron chi connectivity index (χ3n) is 6.37. The van der Waals surface area contributed by atoms with Gasteiger partial charge in [0.25, 0.3) is 11.8 Å². The second-order valence-electron chi connectivity index (χ2n) is 9.30. The Kier molecular flexibility index (Phi) is 9.35. The summed E-state index contributed by atoms with van der Waals surface area (Å²) in [7, 11) is 1.47. The second kappa shape index (κ2) is 13.3. The van der Waals surface area contributed by atoms with Crippen molar-refractivity contribution in [2.75, 3.05) is 12.0 Å². The minimum absolute atomic E-state index is 0.181. The van der Waals surface area contributed by atoms with Crippen LogP contribution in [0.25, 0.3) is 6.08 Å². The van der Waals surface area contributed by atoms with Crippen LogP contribution in [0.2, 0.25) is 10.0 Å². The van der Waals surface area contributed by atoms with E-state index in [1.165, 1.54) is 13.2 Å². The van der Waals surface area contributed by atoms with E-state index in [1.54, 1.807) is 54.6 Å². The maximum Gasteiger partial charge on any atom is 0.335 e. The van der Waals surface area contributed by atoms with E-state index in [4.69, 9.17) is 37.4 Å². The van der Waals surface area contributed by atoms with Crippen molar-refractivity contribution < 1.29 is 28.6 Å². The highest BCUT2D eigenvalue weighted by atomic mass is 79.9. The van der Waals surface area contributed by atoms with Crippen LogP contribution in [0.15, 0.2) is 95.0 Å². The molecule has 0 aliphatic carbocycles. The molecule has 1 N–H and O–H groups in total. The van der Waals surface area contributed by atoms with Gasteiger partial charge in [0.05, 0.1) is 27.3 Å². The Bertz CT molecular complexity index is 1730. The minimum atomic E-state index is -0.852. The number of carbonyl (C=O) groups excluding carboxylic acids is 3. The summed E-state index contributed by atoms with van der Waals surface area (Å²) in [4.78, 5) is 39.7. The van der Waals surface area contributed by atoms with Crippen LogP contribution in [0.3, 0.4) is 0 Å². The first kappa shape index (κ1) is 30.2. The van der Waals surface area contributed by atoms with E-state index >= 15 is 0 Å². The number of carbonyl (C=O) groups is 3. The zero-order valence-corrected chi connectivity index (χ0v) is 25.7. The van der Waals surface area contributed by atoms with Gasteiger partial charge in [-0.15, -0.1) is 0 Å².